The second-order valence-corrected chi connectivity index (χ2v) is 44.8. The number of hydrogen-bond donors (Lipinski definition) is 1. The molecule has 1 atom stereocenters. The third-order valence-electron chi connectivity index (χ3n) is 29.9. The van der Waals surface area contributed by atoms with Crippen molar-refractivity contribution in [2.45, 2.75) is 705 Å². The van der Waals surface area contributed by atoms with Gasteiger partial charge in [-0.05, 0) is 93.2 Å². The normalized spacial score (nSPS) is 11.7. The first-order valence-corrected chi connectivity index (χ1v) is 64.0. The van der Waals surface area contributed by atoms with Crippen molar-refractivity contribution in [3.05, 3.63) is 35.4 Å². The number of unbranched alkanes of at least 4 members (excludes halogenated alkanes) is 90. The molecule has 2 aromatic carbocycles. The van der Waals surface area contributed by atoms with Crippen LogP contribution in [0, 0.1) is 11.8 Å². The zero-order chi connectivity index (χ0) is 102. The summed E-state index contributed by atoms with van der Waals surface area (Å²) in [5, 5.41) is 10.2. The lowest BCUT2D eigenvalue weighted by molar-refractivity contribution is -0.152. The number of ketones is 1. The predicted molar refractivity (Wildman–Crippen MR) is 617 cm³/mol. The van der Waals surface area contributed by atoms with Crippen LogP contribution in [-0.2, 0) is 27.5 Å². The van der Waals surface area contributed by atoms with Crippen LogP contribution in [0.2, 0.25) is 0 Å². The van der Waals surface area contributed by atoms with E-state index < -0.39 is 5.92 Å². The Bertz CT molecular complexity index is 2700. The fourth-order valence-corrected chi connectivity index (χ4v) is 20.6. The molecule has 1 N–H and O–H groups in total. The van der Waals surface area contributed by atoms with Gasteiger partial charge in [0.1, 0.15) is 12.4 Å². The highest BCUT2D eigenvalue weighted by Crippen LogP contribution is 2.42. The molecule has 0 aliphatic carbocycles. The first-order valence-electron chi connectivity index (χ1n) is 64.0. The van der Waals surface area contributed by atoms with Crippen molar-refractivity contribution < 1.29 is 47.9 Å². The minimum absolute atomic E-state index is 0.0167. The summed E-state index contributed by atoms with van der Waals surface area (Å²) in [6, 6.07) is 7.98. The minimum atomic E-state index is -0.434. The lowest BCUT2D eigenvalue weighted by Crippen LogP contribution is -2.22. The number of benzene rings is 2. The fraction of sp³-hybridized carbons (Fsp3) is 0.893. The number of aliphatic hydroxyl groups excluding tert-OH is 1. The molecule has 0 heterocycles. The molecular weight excluding hydrogens is 1730 g/mol. The Morgan fingerprint density at radius 3 is 0.518 bits per heavy atom. The molecule has 0 spiro atoms. The van der Waals surface area contributed by atoms with Gasteiger partial charge in [0, 0.05) is 6.42 Å². The Morgan fingerprint density at radius 2 is 0.369 bits per heavy atom. The molecule has 0 amide bonds. The van der Waals surface area contributed by atoms with Gasteiger partial charge in [0.05, 0.1) is 52.2 Å². The summed E-state index contributed by atoms with van der Waals surface area (Å²) in [7, 11) is 0. The van der Waals surface area contributed by atoms with Gasteiger partial charge in [0.15, 0.2) is 23.0 Å². The van der Waals surface area contributed by atoms with Crippen molar-refractivity contribution in [1.82, 2.24) is 0 Å². The average Bonchev–Trinajstić information content (AvgIpc) is 0.821. The van der Waals surface area contributed by atoms with Crippen LogP contribution in [0.25, 0.3) is 0 Å². The molecule has 0 saturated heterocycles. The van der Waals surface area contributed by atoms with E-state index in [2.05, 4.69) is 55.4 Å². The van der Waals surface area contributed by atoms with E-state index in [0.29, 0.717) is 63.3 Å². The second-order valence-electron chi connectivity index (χ2n) is 44.8. The van der Waals surface area contributed by atoms with Gasteiger partial charge < -0.3 is 43.1 Å². The molecule has 830 valence electrons. The van der Waals surface area contributed by atoms with Crippen LogP contribution < -0.4 is 28.4 Å². The third kappa shape index (κ3) is 94.5. The van der Waals surface area contributed by atoms with Crippen molar-refractivity contribution in [1.29, 1.82) is 0 Å². The number of carbonyl (C=O) groups is 2. The van der Waals surface area contributed by atoms with Crippen molar-refractivity contribution >= 4 is 11.8 Å². The third-order valence-corrected chi connectivity index (χ3v) is 29.9. The molecule has 2 rings (SSSR count). The van der Waals surface area contributed by atoms with Crippen molar-refractivity contribution in [2.24, 2.45) is 11.8 Å². The van der Waals surface area contributed by atoms with E-state index in [0.717, 1.165) is 86.2 Å². The SMILES string of the molecule is CCCCCCCCCCCCCCCCCCOc1cc(CO)cc(OCCCCCCCCCCCCCCCCCC)c1OCCCCCCCCCCCCCCCCCC.CCCCCCCCCCCCCCCCCCOc1cc(COC(=O)[C@@H](CC(C)=O)CC(C)C)cc(OCCCCCCCCCCCCCCCCCC)c1OCCCCCCCCCCCCCCCCCC. The zero-order valence-corrected chi connectivity index (χ0v) is 96.5. The molecule has 0 radical (unpaired) electrons. The van der Waals surface area contributed by atoms with E-state index in [1.54, 1.807) is 6.92 Å². The van der Waals surface area contributed by atoms with Gasteiger partial charge in [0.25, 0.3) is 0 Å². The monoisotopic (exact) mass is 1980 g/mol. The highest BCUT2D eigenvalue weighted by Gasteiger charge is 2.25. The van der Waals surface area contributed by atoms with Crippen molar-refractivity contribution in [2.75, 3.05) is 39.6 Å². The summed E-state index contributed by atoms with van der Waals surface area (Å²) < 4.78 is 45.3. The molecule has 10 heteroatoms. The summed E-state index contributed by atoms with van der Waals surface area (Å²) in [5.41, 5.74) is 1.67. The smallest absolute Gasteiger partial charge is 0.309 e. The van der Waals surface area contributed by atoms with E-state index in [4.69, 9.17) is 33.2 Å². The number of rotatable bonds is 116. The molecule has 0 bridgehead atoms. The number of aliphatic hydroxyl groups is 1. The number of esters is 1. The van der Waals surface area contributed by atoms with Crippen LogP contribution in [0.1, 0.15) is 703 Å². The van der Waals surface area contributed by atoms with Crippen LogP contribution >= 0.6 is 0 Å². The number of carbonyl (C=O) groups excluding carboxylic acids is 2. The maximum Gasteiger partial charge on any atom is 0.309 e. The van der Waals surface area contributed by atoms with Crippen LogP contribution in [0.5, 0.6) is 34.5 Å². The molecule has 0 aliphatic heterocycles. The molecule has 0 aromatic heterocycles. The van der Waals surface area contributed by atoms with E-state index in [1.807, 2.05) is 24.3 Å². The summed E-state index contributed by atoms with van der Waals surface area (Å²) in [6.45, 7) is 23.5. The number of ether oxygens (including phenoxy) is 7. The topological polar surface area (TPSA) is 119 Å². The van der Waals surface area contributed by atoms with Crippen molar-refractivity contribution in [3.63, 3.8) is 0 Å². The van der Waals surface area contributed by atoms with E-state index in [9.17, 15) is 14.7 Å². The number of Topliss-reactive ketones (excluding diaryl/α,β-unsaturated/α-hetero) is 1. The predicted octanol–water partition coefficient (Wildman–Crippen LogP) is 44.4. The van der Waals surface area contributed by atoms with Gasteiger partial charge >= 0.3 is 5.97 Å². The first kappa shape index (κ1) is 135. The van der Waals surface area contributed by atoms with E-state index in [-0.39, 0.29) is 37.3 Å². The van der Waals surface area contributed by atoms with Gasteiger partial charge in [-0.15, -0.1) is 0 Å². The standard InChI is InChI=1S/C70H130O6.C61H116O4/c1-7-10-13-16-19-22-25-28-31-34-37-40-43-46-49-52-55-73-67-60-65(62-76-70(72)66(58-63(4)5)59-64(6)71)61-68(74-56-53-50-47-44-41-38-35-32-29-26-23-20-17-14-11-8-2)69(67)75-57-54-51-48-45-42-39-36-33-30-27-24-21-18-15-12-9-3;1-4-7-10-13-16-19-22-25-28-31-34-37-40-43-46-49-52-63-59-55-58(57-62)56-60(64-53-50-47-44-41-38-35-32-29-26-23-20-17-14-11-8-5-2)61(59)65-54-51-48-45-42-39-36-33-30-27-24-21-18-15-12-9-6-3/h60-61,63,66H,7-59,62H2,1-6H3;55-56,62H,4-54,57H2,1-3H3/t66-;/m1./s1. The van der Waals surface area contributed by atoms with Gasteiger partial charge in [-0.1, -0.05) is 633 Å². The quantitative estimate of drug-likeness (QED) is 0.0506. The molecular formula is C131H246O10. The molecule has 10 nitrogen and oxygen atoms in total. The number of hydrogen-bond acceptors (Lipinski definition) is 10. The largest absolute Gasteiger partial charge is 0.490 e. The average molecular weight is 1980 g/mol. The van der Waals surface area contributed by atoms with Crippen LogP contribution in [0.4, 0.5) is 0 Å². The maximum absolute atomic E-state index is 13.4. The molecule has 141 heavy (non-hydrogen) atoms. The van der Waals surface area contributed by atoms with Crippen LogP contribution in [-0.4, -0.2) is 56.5 Å². The summed E-state index contributed by atoms with van der Waals surface area (Å²) in [4.78, 5) is 25.6. The van der Waals surface area contributed by atoms with Crippen LogP contribution in [0.3, 0.4) is 0 Å². The van der Waals surface area contributed by atoms with Gasteiger partial charge in [-0.3, -0.25) is 4.79 Å². The Kier molecular flexibility index (Phi) is 107. The Morgan fingerprint density at radius 1 is 0.220 bits per heavy atom. The fourth-order valence-electron chi connectivity index (χ4n) is 20.6. The van der Waals surface area contributed by atoms with Crippen LogP contribution in [0.15, 0.2) is 24.3 Å². The van der Waals surface area contributed by atoms with Gasteiger partial charge in [-0.2, -0.15) is 0 Å². The molecule has 2 aromatic rings. The first-order chi connectivity index (χ1) is 69.6. The molecule has 0 saturated carbocycles. The summed E-state index contributed by atoms with van der Waals surface area (Å²) >= 11 is 0. The van der Waals surface area contributed by atoms with Gasteiger partial charge in [0.2, 0.25) is 11.5 Å². The Balaban J connectivity index is 0.00000143. The van der Waals surface area contributed by atoms with E-state index >= 15 is 0 Å². The van der Waals surface area contributed by atoms with E-state index in [1.165, 1.54) is 559 Å². The minimum Gasteiger partial charge on any atom is -0.490 e. The molecule has 0 unspecified atom stereocenters. The second kappa shape index (κ2) is 112. The molecule has 0 aliphatic rings. The van der Waals surface area contributed by atoms with Gasteiger partial charge in [-0.25, -0.2) is 0 Å². The Labute approximate surface area is 880 Å². The highest BCUT2D eigenvalue weighted by molar-refractivity contribution is 5.82. The molecule has 0 fully saturated rings. The highest BCUT2D eigenvalue weighted by atomic mass is 16.6. The lowest BCUT2D eigenvalue weighted by atomic mass is 9.93. The van der Waals surface area contributed by atoms with Crippen molar-refractivity contribution in [3.8, 4) is 34.5 Å². The summed E-state index contributed by atoms with van der Waals surface area (Å²) in [5.74, 6) is 3.88. The zero-order valence-electron chi connectivity index (χ0n) is 96.5. The Hall–Kier alpha value is -3.66. The lowest BCUT2D eigenvalue weighted by Gasteiger charge is -2.20. The maximum atomic E-state index is 13.4. The summed E-state index contributed by atoms with van der Waals surface area (Å²) in [6.07, 6.45) is 131.